The van der Waals surface area contributed by atoms with E-state index in [1.165, 1.54) is 6.92 Å². The van der Waals surface area contributed by atoms with E-state index < -0.39 is 0 Å². The van der Waals surface area contributed by atoms with Gasteiger partial charge in [-0.25, -0.2) is 0 Å². The molecule has 1 aromatic carbocycles. The van der Waals surface area contributed by atoms with E-state index >= 15 is 0 Å². The molecule has 0 bridgehead atoms. The van der Waals surface area contributed by atoms with Crippen molar-refractivity contribution in [2.45, 2.75) is 19.8 Å². The molecule has 144 valence electrons. The fourth-order valence-corrected chi connectivity index (χ4v) is 3.06. The molecule has 1 unspecified atom stereocenters. The second-order valence-corrected chi connectivity index (χ2v) is 6.84. The van der Waals surface area contributed by atoms with Gasteiger partial charge in [0.15, 0.2) is 0 Å². The average Bonchev–Trinajstić information content (AvgIpc) is 3.22. The van der Waals surface area contributed by atoms with Crippen LogP contribution in [0.25, 0.3) is 10.9 Å². The first-order chi connectivity index (χ1) is 12.9. The molecular formula is C19H23ClN4O3. The molecule has 1 atom stereocenters. The van der Waals surface area contributed by atoms with E-state index in [1.54, 1.807) is 10.7 Å². The maximum absolute atomic E-state index is 11.2. The molecular weight excluding hydrogens is 368 g/mol. The molecule has 1 amide bonds. The van der Waals surface area contributed by atoms with Crippen LogP contribution in [-0.2, 0) is 11.8 Å². The van der Waals surface area contributed by atoms with Gasteiger partial charge in [-0.3, -0.25) is 9.48 Å². The van der Waals surface area contributed by atoms with E-state index in [0.29, 0.717) is 36.4 Å². The number of benzene rings is 1. The van der Waals surface area contributed by atoms with Gasteiger partial charge >= 0.3 is 0 Å². The van der Waals surface area contributed by atoms with Gasteiger partial charge in [0.05, 0.1) is 5.02 Å². The zero-order valence-corrected chi connectivity index (χ0v) is 16.3. The molecule has 0 aliphatic carbocycles. The second kappa shape index (κ2) is 8.35. The summed E-state index contributed by atoms with van der Waals surface area (Å²) in [6.07, 6.45) is 3.76. The summed E-state index contributed by atoms with van der Waals surface area (Å²) < 4.78 is 13.0. The van der Waals surface area contributed by atoms with Gasteiger partial charge in [0.2, 0.25) is 11.8 Å². The number of carbonyl (C=O) groups is 1. The summed E-state index contributed by atoms with van der Waals surface area (Å²) in [4.78, 5) is 14.4. The highest BCUT2D eigenvalue weighted by Gasteiger charge is 2.14. The summed E-state index contributed by atoms with van der Waals surface area (Å²) in [6.45, 7) is 4.86. The highest BCUT2D eigenvalue weighted by atomic mass is 35.5. The van der Waals surface area contributed by atoms with E-state index in [9.17, 15) is 4.79 Å². The monoisotopic (exact) mass is 390 g/mol. The minimum absolute atomic E-state index is 0.0401. The molecule has 27 heavy (non-hydrogen) atoms. The van der Waals surface area contributed by atoms with Crippen molar-refractivity contribution >= 4 is 28.4 Å². The number of hydrogen-bond donors (Lipinski definition) is 2. The Morgan fingerprint density at radius 1 is 1.37 bits per heavy atom. The third kappa shape index (κ3) is 4.74. The van der Waals surface area contributed by atoms with Crippen molar-refractivity contribution in [1.29, 1.82) is 0 Å². The minimum atomic E-state index is -0.0401. The number of aryl methyl sites for hydroxylation is 1. The molecule has 2 N–H and O–H groups in total. The molecule has 0 spiro atoms. The van der Waals surface area contributed by atoms with Gasteiger partial charge < -0.3 is 19.8 Å². The molecule has 3 rings (SSSR count). The Kier molecular flexibility index (Phi) is 5.91. The van der Waals surface area contributed by atoms with Crippen molar-refractivity contribution < 1.29 is 14.3 Å². The van der Waals surface area contributed by atoms with Gasteiger partial charge in [-0.15, -0.1) is 5.10 Å². The molecule has 7 nitrogen and oxygen atoms in total. The van der Waals surface area contributed by atoms with Gasteiger partial charge in [0.25, 0.3) is 0 Å². The third-order valence-corrected chi connectivity index (χ3v) is 4.53. The topological polar surface area (TPSA) is 81.2 Å². The molecule has 3 aromatic rings. The van der Waals surface area contributed by atoms with Crippen LogP contribution in [0.1, 0.15) is 25.3 Å². The van der Waals surface area contributed by atoms with Gasteiger partial charge in [0, 0.05) is 55.8 Å². The smallest absolute Gasteiger partial charge is 0.232 e. The van der Waals surface area contributed by atoms with Gasteiger partial charge in [-0.1, -0.05) is 18.5 Å². The molecule has 0 aliphatic heterocycles. The van der Waals surface area contributed by atoms with E-state index in [1.807, 2.05) is 31.6 Å². The Morgan fingerprint density at radius 2 is 2.15 bits per heavy atom. The van der Waals surface area contributed by atoms with Crippen LogP contribution in [0.3, 0.4) is 0 Å². The van der Waals surface area contributed by atoms with Crippen molar-refractivity contribution in [2.75, 3.05) is 19.8 Å². The van der Waals surface area contributed by atoms with Crippen LogP contribution in [0.2, 0.25) is 5.02 Å². The minimum Gasteiger partial charge on any atom is -0.488 e. The van der Waals surface area contributed by atoms with Crippen molar-refractivity contribution in [3.8, 4) is 11.6 Å². The predicted molar refractivity (Wildman–Crippen MR) is 105 cm³/mol. The Balaban J connectivity index is 1.66. The lowest BCUT2D eigenvalue weighted by atomic mass is 10.0. The highest BCUT2D eigenvalue weighted by molar-refractivity contribution is 6.32. The molecule has 0 radical (unpaired) electrons. The first-order valence-corrected chi connectivity index (χ1v) is 9.12. The van der Waals surface area contributed by atoms with Crippen molar-refractivity contribution in [2.24, 2.45) is 7.05 Å². The summed E-state index contributed by atoms with van der Waals surface area (Å²) in [5, 5.41) is 8.55. The Hall–Kier alpha value is -2.67. The molecule has 2 heterocycles. The number of carbonyl (C=O) groups excluding carboxylic acids is 1. The van der Waals surface area contributed by atoms with Crippen molar-refractivity contribution in [3.05, 3.63) is 41.2 Å². The number of amides is 1. The number of aromatic amines is 1. The molecule has 8 heteroatoms. The number of rotatable bonds is 8. The number of nitrogens with zero attached hydrogens (tertiary/aromatic N) is 2. The van der Waals surface area contributed by atoms with Crippen molar-refractivity contribution in [3.63, 3.8) is 0 Å². The molecule has 0 saturated heterocycles. The highest BCUT2D eigenvalue weighted by Crippen LogP contribution is 2.34. The average molecular weight is 391 g/mol. The molecule has 0 fully saturated rings. The lowest BCUT2D eigenvalue weighted by Crippen LogP contribution is -2.24. The quantitative estimate of drug-likeness (QED) is 0.578. The number of hydrogen-bond acceptors (Lipinski definition) is 4. The SMILES string of the molecule is CC(=O)NCC(C)c1c[nH]c2cc(Cl)c(OCCOc3ccn(C)n3)cc12. The number of nitrogens with one attached hydrogen (secondary N) is 2. The van der Waals surface area contributed by atoms with Crippen molar-refractivity contribution in [1.82, 2.24) is 20.1 Å². The van der Waals surface area contributed by atoms with E-state index in [4.69, 9.17) is 21.1 Å². The Bertz CT molecular complexity index is 934. The Labute approximate surface area is 162 Å². The summed E-state index contributed by atoms with van der Waals surface area (Å²) in [7, 11) is 1.83. The summed E-state index contributed by atoms with van der Waals surface area (Å²) in [5.74, 6) is 1.27. The summed E-state index contributed by atoms with van der Waals surface area (Å²) in [6, 6.07) is 5.57. The van der Waals surface area contributed by atoms with Crippen LogP contribution in [0.15, 0.2) is 30.6 Å². The fourth-order valence-electron chi connectivity index (χ4n) is 2.84. The van der Waals surface area contributed by atoms with Gasteiger partial charge in [-0.2, -0.15) is 0 Å². The number of fused-ring (bicyclic) bond motifs is 1. The number of aromatic nitrogens is 3. The number of H-pyrrole nitrogens is 1. The standard InChI is InChI=1S/C19H23ClN4O3/c1-12(10-21-13(2)25)15-11-22-17-9-16(20)18(8-14(15)17)26-6-7-27-19-4-5-24(3)23-19/h4-5,8-9,11-12,22H,6-7,10H2,1-3H3,(H,21,25). The maximum atomic E-state index is 11.2. The fraction of sp³-hybridized carbons (Fsp3) is 0.368. The number of ether oxygens (including phenoxy) is 2. The third-order valence-electron chi connectivity index (χ3n) is 4.23. The van der Waals surface area contributed by atoms with Crippen LogP contribution >= 0.6 is 11.6 Å². The van der Waals surface area contributed by atoms with Crippen LogP contribution in [0, 0.1) is 0 Å². The van der Waals surface area contributed by atoms with Gasteiger partial charge in [-0.05, 0) is 17.7 Å². The largest absolute Gasteiger partial charge is 0.488 e. The molecule has 0 aliphatic rings. The summed E-state index contributed by atoms with van der Waals surface area (Å²) >= 11 is 6.34. The molecule has 0 saturated carbocycles. The zero-order chi connectivity index (χ0) is 19.4. The van der Waals surface area contributed by atoms with Crippen LogP contribution in [0.4, 0.5) is 0 Å². The predicted octanol–water partition coefficient (Wildman–Crippen LogP) is 3.25. The second-order valence-electron chi connectivity index (χ2n) is 6.43. The first kappa shape index (κ1) is 19.1. The lowest BCUT2D eigenvalue weighted by molar-refractivity contribution is -0.119. The van der Waals surface area contributed by atoms with E-state index in [0.717, 1.165) is 16.5 Å². The lowest BCUT2D eigenvalue weighted by Gasteiger charge is -2.12. The zero-order valence-electron chi connectivity index (χ0n) is 15.6. The normalized spacial score (nSPS) is 12.1. The van der Waals surface area contributed by atoms with E-state index in [-0.39, 0.29) is 11.8 Å². The van der Waals surface area contributed by atoms with Crippen LogP contribution in [0.5, 0.6) is 11.6 Å². The van der Waals surface area contributed by atoms with Crippen LogP contribution in [-0.4, -0.2) is 40.4 Å². The van der Waals surface area contributed by atoms with Crippen LogP contribution < -0.4 is 14.8 Å². The first-order valence-electron chi connectivity index (χ1n) is 8.74. The Morgan fingerprint density at radius 3 is 2.85 bits per heavy atom. The maximum Gasteiger partial charge on any atom is 0.232 e. The summed E-state index contributed by atoms with van der Waals surface area (Å²) in [5.41, 5.74) is 2.03. The number of halogens is 1. The molecule has 2 aromatic heterocycles. The van der Waals surface area contributed by atoms with E-state index in [2.05, 4.69) is 22.3 Å². The van der Waals surface area contributed by atoms with Gasteiger partial charge in [0.1, 0.15) is 19.0 Å².